The van der Waals surface area contributed by atoms with Crippen LogP contribution in [0.15, 0.2) is 60.0 Å². The lowest BCUT2D eigenvalue weighted by atomic mass is 10.3. The second-order valence-corrected chi connectivity index (χ2v) is 7.35. The van der Waals surface area contributed by atoms with Gasteiger partial charge in [0.2, 0.25) is 0 Å². The Kier molecular flexibility index (Phi) is 5.26. The molecule has 10 heteroatoms. The number of hydrogen-bond donors (Lipinski definition) is 1. The minimum absolute atomic E-state index is 0.135. The number of anilines is 2. The van der Waals surface area contributed by atoms with Crippen LogP contribution >= 0.6 is 0 Å². The zero-order valence-corrected chi connectivity index (χ0v) is 15.0. The third kappa shape index (κ3) is 4.73. The van der Waals surface area contributed by atoms with E-state index in [4.69, 9.17) is 0 Å². The van der Waals surface area contributed by atoms with E-state index >= 15 is 0 Å². The van der Waals surface area contributed by atoms with E-state index in [0.717, 1.165) is 17.8 Å². The van der Waals surface area contributed by atoms with Crippen molar-refractivity contribution in [1.82, 2.24) is 15.0 Å². The van der Waals surface area contributed by atoms with Crippen molar-refractivity contribution in [2.45, 2.75) is 11.4 Å². The fourth-order valence-corrected chi connectivity index (χ4v) is 3.30. The third-order valence-corrected chi connectivity index (χ3v) is 4.92. The van der Waals surface area contributed by atoms with E-state index in [1.54, 1.807) is 30.5 Å². The largest absolute Gasteiger partial charge is 0.354 e. The summed E-state index contributed by atoms with van der Waals surface area (Å²) in [4.78, 5) is 13.9. The van der Waals surface area contributed by atoms with E-state index in [0.29, 0.717) is 18.4 Å². The number of sulfonamides is 1. The quantitative estimate of drug-likeness (QED) is 0.695. The van der Waals surface area contributed by atoms with Gasteiger partial charge in [-0.2, -0.15) is 0 Å². The molecule has 2 heterocycles. The Balaban J connectivity index is 1.75. The molecule has 0 aliphatic carbocycles. The molecule has 0 unspecified atom stereocenters. The summed E-state index contributed by atoms with van der Waals surface area (Å²) < 4.78 is 53.3. The Bertz CT molecular complexity index is 1010. The summed E-state index contributed by atoms with van der Waals surface area (Å²) in [6, 6.07) is 5.31. The van der Waals surface area contributed by atoms with E-state index < -0.39 is 21.7 Å². The molecule has 0 radical (unpaired) electrons. The molecule has 140 valence electrons. The topological polar surface area (TPSA) is 88.1 Å². The molecule has 0 spiro atoms. The minimum atomic E-state index is -4.03. The van der Waals surface area contributed by atoms with Crippen LogP contribution in [0.1, 0.15) is 5.69 Å². The molecule has 0 fully saturated rings. The second-order valence-electron chi connectivity index (χ2n) is 5.67. The molecule has 1 N–H and O–H groups in total. The van der Waals surface area contributed by atoms with Crippen LogP contribution in [-0.2, 0) is 16.6 Å². The lowest BCUT2D eigenvalue weighted by molar-refractivity contribution is 0.584. The average Bonchev–Trinajstić information content (AvgIpc) is 2.61. The number of nitrogens with one attached hydrogen (secondary N) is 1. The Morgan fingerprint density at radius 1 is 1.04 bits per heavy atom. The van der Waals surface area contributed by atoms with Crippen LogP contribution in [0.2, 0.25) is 0 Å². The van der Waals surface area contributed by atoms with Crippen LogP contribution < -0.4 is 9.62 Å². The molecule has 3 rings (SSSR count). The van der Waals surface area contributed by atoms with Gasteiger partial charge in [0.05, 0.1) is 24.1 Å². The molecule has 1 aromatic carbocycles. The zero-order chi connectivity index (χ0) is 19.4. The van der Waals surface area contributed by atoms with E-state index in [-0.39, 0.29) is 10.6 Å². The highest BCUT2D eigenvalue weighted by Gasteiger charge is 2.16. The first kappa shape index (κ1) is 18.6. The van der Waals surface area contributed by atoms with Crippen LogP contribution in [0.25, 0.3) is 0 Å². The summed E-state index contributed by atoms with van der Waals surface area (Å²) in [7, 11) is -2.26. The maximum absolute atomic E-state index is 13.2. The zero-order valence-electron chi connectivity index (χ0n) is 14.2. The van der Waals surface area contributed by atoms with Gasteiger partial charge in [-0.1, -0.05) is 0 Å². The van der Waals surface area contributed by atoms with Crippen LogP contribution in [0.5, 0.6) is 0 Å². The van der Waals surface area contributed by atoms with Crippen molar-refractivity contribution in [3.05, 3.63) is 72.4 Å². The minimum Gasteiger partial charge on any atom is -0.354 e. The summed E-state index contributed by atoms with van der Waals surface area (Å²) in [6.45, 7) is 0.438. The highest BCUT2D eigenvalue weighted by Crippen LogP contribution is 2.20. The van der Waals surface area contributed by atoms with Gasteiger partial charge in [-0.15, -0.1) is 0 Å². The van der Waals surface area contributed by atoms with Crippen LogP contribution in [0.4, 0.5) is 20.3 Å². The van der Waals surface area contributed by atoms with E-state index in [9.17, 15) is 17.2 Å². The Hall–Kier alpha value is -3.14. The molecular weight excluding hydrogens is 376 g/mol. The first-order valence-electron chi connectivity index (χ1n) is 7.74. The summed E-state index contributed by atoms with van der Waals surface area (Å²) in [5.74, 6) is -1.24. The molecule has 0 bridgehead atoms. The molecule has 0 aliphatic rings. The first-order chi connectivity index (χ1) is 12.8. The van der Waals surface area contributed by atoms with E-state index in [2.05, 4.69) is 19.7 Å². The second kappa shape index (κ2) is 7.62. The van der Waals surface area contributed by atoms with Crippen LogP contribution in [0.3, 0.4) is 0 Å². The molecule has 2 aromatic heterocycles. The molecule has 7 nitrogen and oxygen atoms in total. The van der Waals surface area contributed by atoms with Crippen molar-refractivity contribution in [2.75, 3.05) is 16.7 Å². The lowest BCUT2D eigenvalue weighted by Gasteiger charge is -2.17. The van der Waals surface area contributed by atoms with Crippen molar-refractivity contribution >= 4 is 21.5 Å². The van der Waals surface area contributed by atoms with Gasteiger partial charge < -0.3 is 4.90 Å². The van der Waals surface area contributed by atoms with Crippen molar-refractivity contribution < 1.29 is 17.2 Å². The van der Waals surface area contributed by atoms with E-state index in [1.165, 1.54) is 18.3 Å². The Labute approximate surface area is 154 Å². The SMILES string of the molecule is CN(Cc1cnccn1)c1ccc(S(=O)(=O)Nc2cc(F)cc(F)c2)cn1. The number of rotatable bonds is 6. The number of hydrogen-bond acceptors (Lipinski definition) is 6. The molecule has 0 saturated heterocycles. The van der Waals surface area contributed by atoms with Gasteiger partial charge in [0.15, 0.2) is 0 Å². The van der Waals surface area contributed by atoms with E-state index in [1.807, 2.05) is 0 Å². The number of benzene rings is 1. The Morgan fingerprint density at radius 3 is 2.37 bits per heavy atom. The average molecular weight is 391 g/mol. The van der Waals surface area contributed by atoms with Crippen molar-refractivity contribution in [3.8, 4) is 0 Å². The predicted octanol–water partition coefficient (Wildman–Crippen LogP) is 2.59. The monoisotopic (exact) mass is 391 g/mol. The maximum atomic E-state index is 13.2. The maximum Gasteiger partial charge on any atom is 0.263 e. The van der Waals surface area contributed by atoms with Gasteiger partial charge in [0, 0.05) is 31.7 Å². The smallest absolute Gasteiger partial charge is 0.263 e. The lowest BCUT2D eigenvalue weighted by Crippen LogP contribution is -2.19. The number of pyridine rings is 1. The van der Waals surface area contributed by atoms with Crippen molar-refractivity contribution in [2.24, 2.45) is 0 Å². The highest BCUT2D eigenvalue weighted by molar-refractivity contribution is 7.92. The summed E-state index contributed by atoms with van der Waals surface area (Å²) in [5.41, 5.74) is 0.518. The summed E-state index contributed by atoms with van der Waals surface area (Å²) in [5, 5.41) is 0. The molecule has 27 heavy (non-hydrogen) atoms. The van der Waals surface area contributed by atoms with Crippen LogP contribution in [0, 0.1) is 11.6 Å². The fourth-order valence-electron chi connectivity index (χ4n) is 2.32. The first-order valence-corrected chi connectivity index (χ1v) is 9.23. The number of halogens is 2. The van der Waals surface area contributed by atoms with Crippen molar-refractivity contribution in [3.63, 3.8) is 0 Å². The molecular formula is C17H15F2N5O2S. The normalized spacial score (nSPS) is 11.2. The van der Waals surface area contributed by atoms with Crippen molar-refractivity contribution in [1.29, 1.82) is 0 Å². The molecule has 0 amide bonds. The summed E-state index contributed by atoms with van der Waals surface area (Å²) in [6.07, 6.45) is 5.93. The van der Waals surface area contributed by atoms with Gasteiger partial charge in [0.1, 0.15) is 22.3 Å². The van der Waals surface area contributed by atoms with Crippen LogP contribution in [-0.4, -0.2) is 30.4 Å². The van der Waals surface area contributed by atoms with Gasteiger partial charge >= 0.3 is 0 Å². The van der Waals surface area contributed by atoms with Gasteiger partial charge in [-0.25, -0.2) is 22.2 Å². The molecule has 0 aliphatic heterocycles. The summed E-state index contributed by atoms with van der Waals surface area (Å²) >= 11 is 0. The van der Waals surface area contributed by atoms with Gasteiger partial charge in [-0.3, -0.25) is 14.7 Å². The molecule has 0 atom stereocenters. The standard InChI is InChI=1S/C17H15F2N5O2S/c1-24(11-15-9-20-4-5-21-15)17-3-2-16(10-22-17)27(25,26)23-14-7-12(18)6-13(19)8-14/h2-10,23H,11H2,1H3. The Morgan fingerprint density at radius 2 is 1.78 bits per heavy atom. The number of nitrogens with zero attached hydrogens (tertiary/aromatic N) is 4. The predicted molar refractivity (Wildman–Crippen MR) is 95.5 cm³/mol. The fraction of sp³-hybridized carbons (Fsp3) is 0.118. The number of aromatic nitrogens is 3. The van der Waals surface area contributed by atoms with Gasteiger partial charge in [-0.05, 0) is 24.3 Å². The molecule has 0 saturated carbocycles. The highest BCUT2D eigenvalue weighted by atomic mass is 32.2. The van der Waals surface area contributed by atoms with Gasteiger partial charge in [0.25, 0.3) is 10.0 Å². The third-order valence-electron chi connectivity index (χ3n) is 3.55. The molecule has 3 aromatic rings.